The van der Waals surface area contributed by atoms with E-state index in [2.05, 4.69) is 6.58 Å². The summed E-state index contributed by atoms with van der Waals surface area (Å²) in [5, 5.41) is 10.9. The molecular weight excluding hydrogens is 580 g/mol. The number of carbonyl (C=O) groups excluding carboxylic acids is 6. The van der Waals surface area contributed by atoms with Gasteiger partial charge in [-0.1, -0.05) is 19.6 Å². The van der Waals surface area contributed by atoms with Gasteiger partial charge < -0.3 is 33.5 Å². The summed E-state index contributed by atoms with van der Waals surface area (Å²) < 4.78 is 36.1. The van der Waals surface area contributed by atoms with Crippen molar-refractivity contribution in [2.75, 3.05) is 0 Å². The van der Waals surface area contributed by atoms with Crippen LogP contribution in [0.15, 0.2) is 23.8 Å². The Morgan fingerprint density at radius 1 is 0.977 bits per heavy atom. The van der Waals surface area contributed by atoms with Gasteiger partial charge in [0.05, 0.1) is 5.41 Å². The van der Waals surface area contributed by atoms with Crippen LogP contribution in [0.3, 0.4) is 0 Å². The van der Waals surface area contributed by atoms with Crippen LogP contribution in [0, 0.1) is 16.2 Å². The third-order valence-corrected chi connectivity index (χ3v) is 11.7. The van der Waals surface area contributed by atoms with E-state index in [4.69, 9.17) is 28.4 Å². The minimum Gasteiger partial charge on any atom is -0.458 e. The van der Waals surface area contributed by atoms with Crippen LogP contribution in [0.1, 0.15) is 68.2 Å². The summed E-state index contributed by atoms with van der Waals surface area (Å²) in [6.45, 7) is 15.9. The van der Waals surface area contributed by atoms with Crippen molar-refractivity contribution in [3.63, 3.8) is 0 Å². The summed E-state index contributed by atoms with van der Waals surface area (Å²) >= 11 is 0. The Bertz CT molecular complexity index is 1530. The van der Waals surface area contributed by atoms with Crippen LogP contribution in [0.4, 0.5) is 0 Å². The van der Waals surface area contributed by atoms with E-state index in [0.29, 0.717) is 0 Å². The van der Waals surface area contributed by atoms with Gasteiger partial charge >= 0.3 is 29.8 Å². The monoisotopic (exact) mass is 616 g/mol. The quantitative estimate of drug-likeness (QED) is 0.157. The van der Waals surface area contributed by atoms with Crippen LogP contribution in [-0.2, 0) is 57.2 Å². The van der Waals surface area contributed by atoms with E-state index in [1.54, 1.807) is 20.8 Å². The van der Waals surface area contributed by atoms with Crippen LogP contribution in [0.2, 0.25) is 0 Å². The number of ketones is 1. The molecule has 0 aromatic rings. The number of cyclic esters (lactones) is 2. The van der Waals surface area contributed by atoms with Crippen LogP contribution >= 0.6 is 0 Å². The van der Waals surface area contributed by atoms with Crippen molar-refractivity contribution in [2.24, 2.45) is 16.2 Å². The smallest absolute Gasteiger partial charge is 0.345 e. The summed E-state index contributed by atoms with van der Waals surface area (Å²) in [4.78, 5) is 82.3. The molecule has 0 unspecified atom stereocenters. The van der Waals surface area contributed by atoms with Gasteiger partial charge in [0, 0.05) is 17.9 Å². The molecule has 6 rings (SSSR count). The Balaban J connectivity index is 1.77. The fraction of sp³-hybridized carbons (Fsp3) is 0.677. The van der Waals surface area contributed by atoms with E-state index in [1.165, 1.54) is 33.8 Å². The number of Topliss-reactive ketones (excluding diaryl/α,β-unsaturated/α-hetero) is 1. The first-order valence-corrected chi connectivity index (χ1v) is 14.5. The van der Waals surface area contributed by atoms with Crippen molar-refractivity contribution in [3.8, 4) is 0 Å². The molecule has 4 heterocycles. The number of fused-ring (bicyclic) bond motifs is 1. The van der Waals surface area contributed by atoms with Gasteiger partial charge in [0.2, 0.25) is 17.0 Å². The van der Waals surface area contributed by atoms with Crippen molar-refractivity contribution in [2.45, 2.75) is 115 Å². The highest BCUT2D eigenvalue weighted by Gasteiger charge is 3.03. The van der Waals surface area contributed by atoms with E-state index in [1.807, 2.05) is 0 Å². The second-order valence-electron chi connectivity index (χ2n) is 13.7. The van der Waals surface area contributed by atoms with Crippen molar-refractivity contribution >= 4 is 35.6 Å². The molecular formula is C31H36O13. The molecule has 10 atom stereocenters. The number of aliphatic hydroxyl groups is 1. The topological polar surface area (TPSA) is 178 Å². The van der Waals surface area contributed by atoms with Crippen molar-refractivity contribution in [1.82, 2.24) is 0 Å². The normalized spacial score (nSPS) is 48.3. The van der Waals surface area contributed by atoms with Crippen molar-refractivity contribution in [3.05, 3.63) is 23.8 Å². The molecule has 4 saturated heterocycles. The number of hydrogen-bond acceptors (Lipinski definition) is 13. The van der Waals surface area contributed by atoms with E-state index in [-0.39, 0.29) is 24.0 Å². The average molecular weight is 617 g/mol. The van der Waals surface area contributed by atoms with Gasteiger partial charge in [0.1, 0.15) is 23.4 Å². The van der Waals surface area contributed by atoms with Gasteiger partial charge in [-0.3, -0.25) is 14.4 Å². The third-order valence-electron chi connectivity index (χ3n) is 11.7. The van der Waals surface area contributed by atoms with Crippen molar-refractivity contribution < 1.29 is 62.3 Å². The van der Waals surface area contributed by atoms with Crippen LogP contribution in [0.25, 0.3) is 0 Å². The Hall–Kier alpha value is -3.58. The van der Waals surface area contributed by atoms with Gasteiger partial charge in [0.15, 0.2) is 17.6 Å². The maximum Gasteiger partial charge on any atom is 0.345 e. The van der Waals surface area contributed by atoms with E-state index >= 15 is 0 Å². The van der Waals surface area contributed by atoms with Gasteiger partial charge in [-0.15, -0.1) is 0 Å². The van der Waals surface area contributed by atoms with Crippen LogP contribution in [-0.4, -0.2) is 87.6 Å². The molecule has 1 N–H and O–H groups in total. The lowest BCUT2D eigenvalue weighted by Crippen LogP contribution is -2.85. The maximum atomic E-state index is 14.9. The molecule has 238 valence electrons. The van der Waals surface area contributed by atoms with Crippen molar-refractivity contribution in [1.29, 1.82) is 0 Å². The lowest BCUT2D eigenvalue weighted by molar-refractivity contribution is -0.278. The Morgan fingerprint density at radius 3 is 2.20 bits per heavy atom. The second kappa shape index (κ2) is 8.36. The zero-order valence-corrected chi connectivity index (χ0v) is 25.9. The van der Waals surface area contributed by atoms with Gasteiger partial charge in [-0.25, -0.2) is 14.4 Å². The first kappa shape index (κ1) is 30.4. The fourth-order valence-electron chi connectivity index (χ4n) is 9.38. The minimum absolute atomic E-state index is 0.0792. The summed E-state index contributed by atoms with van der Waals surface area (Å²) in [6, 6.07) is 0. The molecule has 0 aromatic heterocycles. The molecule has 6 fully saturated rings. The lowest BCUT2D eigenvalue weighted by atomic mass is 9.35. The van der Waals surface area contributed by atoms with Gasteiger partial charge in [0.25, 0.3) is 0 Å². The first-order valence-electron chi connectivity index (χ1n) is 14.5. The predicted octanol–water partition coefficient (Wildman–Crippen LogP) is 1.17. The summed E-state index contributed by atoms with van der Waals surface area (Å²) in [5.74, 6) is -5.66. The standard InChI is InChI=1S/C31H36O13/c1-10-13(2)19(34)41-18-12-28(11-17(33)20(35)42-25(28,6)7)14(3)30-22(40-16(5)32)26(8)21(36)29(27(18,30)9)23(37)39-15(4)31(29,44-30)24(38)43-26/h10,15,17-18,22,33H,3,11-12H2,1-2,4-9H3/b13-10+/t15-,17-,18-,22-,26+,27-,28+,29+,30+,31-/m0/s1. The summed E-state index contributed by atoms with van der Waals surface area (Å²) in [7, 11) is 0. The molecule has 0 amide bonds. The fourth-order valence-corrected chi connectivity index (χ4v) is 9.38. The van der Waals surface area contributed by atoms with E-state index in [9.17, 15) is 33.9 Å². The van der Waals surface area contributed by atoms with Crippen LogP contribution < -0.4 is 0 Å². The number of aliphatic hydroxyl groups excluding tert-OH is 1. The molecule has 2 saturated carbocycles. The molecule has 3 bridgehead atoms. The molecule has 0 radical (unpaired) electrons. The Morgan fingerprint density at radius 2 is 1.61 bits per heavy atom. The summed E-state index contributed by atoms with van der Waals surface area (Å²) in [5.41, 5.74) is -13.9. The average Bonchev–Trinajstić information content (AvgIpc) is 3.24. The predicted molar refractivity (Wildman–Crippen MR) is 144 cm³/mol. The molecule has 6 aliphatic rings. The molecule has 13 nitrogen and oxygen atoms in total. The van der Waals surface area contributed by atoms with Gasteiger partial charge in [-0.05, 0) is 60.0 Å². The molecule has 44 heavy (non-hydrogen) atoms. The zero-order valence-electron chi connectivity index (χ0n) is 25.9. The van der Waals surface area contributed by atoms with E-state index in [0.717, 1.165) is 6.92 Å². The van der Waals surface area contributed by atoms with Crippen LogP contribution in [0.5, 0.6) is 0 Å². The second-order valence-corrected chi connectivity index (χ2v) is 13.7. The number of rotatable bonds is 3. The maximum absolute atomic E-state index is 14.9. The largest absolute Gasteiger partial charge is 0.458 e. The third kappa shape index (κ3) is 2.73. The SMILES string of the molecule is C=C1[C@]2(C[C@H](OC(=O)/C(C)=C/C)[C@@]3(C)[C@@]45C(=O)O[C@@H](C)[C@@]46O[C@@]13[C@@H](OC(C)=O)[C@](C)(OC6=O)C5=O)C[C@H](O)C(=O)OC2(C)C. The molecule has 2 aliphatic carbocycles. The molecule has 0 aromatic carbocycles. The number of ether oxygens (including phenoxy) is 6. The highest BCUT2D eigenvalue weighted by Crippen LogP contribution is 2.82. The highest BCUT2D eigenvalue weighted by molar-refractivity contribution is 6.21. The minimum atomic E-state index is -2.44. The Labute approximate surface area is 253 Å². The lowest BCUT2D eigenvalue weighted by Gasteiger charge is -2.68. The van der Waals surface area contributed by atoms with Gasteiger partial charge in [-0.2, -0.15) is 0 Å². The zero-order chi connectivity index (χ0) is 32.8. The first-order chi connectivity index (χ1) is 20.2. The number of allylic oxidation sites excluding steroid dienone is 1. The van der Waals surface area contributed by atoms with E-state index < -0.39 is 98.7 Å². The summed E-state index contributed by atoms with van der Waals surface area (Å²) in [6.07, 6.45) is -5.21. The molecule has 4 aliphatic heterocycles. The number of carbonyl (C=O) groups is 6. The Kier molecular flexibility index (Phi) is 5.79. The molecule has 13 heteroatoms. The molecule has 2 spiro atoms. The highest BCUT2D eigenvalue weighted by atomic mass is 16.7. The number of esters is 5. The number of hydrogen-bond donors (Lipinski definition) is 1.